The van der Waals surface area contributed by atoms with Crippen LogP contribution in [-0.4, -0.2) is 9.13 Å². The second-order valence-corrected chi connectivity index (χ2v) is 14.2. The Morgan fingerprint density at radius 1 is 0.283 bits per heavy atom. The first-order valence-electron chi connectivity index (χ1n) is 18.2. The number of hydrogen-bond donors (Lipinski definition) is 0. The predicted molar refractivity (Wildman–Crippen MR) is 223 cm³/mol. The number of hydrogen-bond acceptors (Lipinski definition) is 1. The van der Waals surface area contributed by atoms with Crippen molar-refractivity contribution in [1.82, 2.24) is 9.13 Å². The van der Waals surface area contributed by atoms with E-state index in [1.807, 2.05) is 12.1 Å². The average molecular weight is 675 g/mol. The molecule has 0 N–H and O–H groups in total. The van der Waals surface area contributed by atoms with E-state index in [-0.39, 0.29) is 0 Å². The molecule has 0 unspecified atom stereocenters. The Morgan fingerprint density at radius 3 is 1.60 bits per heavy atom. The van der Waals surface area contributed by atoms with Gasteiger partial charge in [-0.05, 0) is 112 Å². The third-order valence-corrected chi connectivity index (χ3v) is 11.2. The molecular formula is C50H30N2O. The van der Waals surface area contributed by atoms with E-state index in [0.29, 0.717) is 0 Å². The molecule has 246 valence electrons. The van der Waals surface area contributed by atoms with E-state index >= 15 is 0 Å². The van der Waals surface area contributed by atoms with Crippen LogP contribution in [0.15, 0.2) is 186 Å². The van der Waals surface area contributed by atoms with Gasteiger partial charge in [0.1, 0.15) is 11.2 Å². The largest absolute Gasteiger partial charge is 0.456 e. The molecular weight excluding hydrogens is 645 g/mol. The Balaban J connectivity index is 1.07. The number of rotatable bonds is 3. The van der Waals surface area contributed by atoms with Crippen molar-refractivity contribution < 1.29 is 4.42 Å². The van der Waals surface area contributed by atoms with Gasteiger partial charge >= 0.3 is 0 Å². The van der Waals surface area contributed by atoms with Gasteiger partial charge in [-0.2, -0.15) is 0 Å². The second-order valence-electron chi connectivity index (χ2n) is 14.2. The zero-order valence-electron chi connectivity index (χ0n) is 28.6. The summed E-state index contributed by atoms with van der Waals surface area (Å²) in [6, 6.07) is 66.3. The lowest BCUT2D eigenvalue weighted by atomic mass is 10.00. The van der Waals surface area contributed by atoms with Gasteiger partial charge in [-0.15, -0.1) is 0 Å². The Kier molecular flexibility index (Phi) is 5.77. The highest BCUT2D eigenvalue weighted by molar-refractivity contribution is 6.16. The van der Waals surface area contributed by atoms with Gasteiger partial charge in [0.25, 0.3) is 0 Å². The fourth-order valence-electron chi connectivity index (χ4n) is 8.76. The van der Waals surface area contributed by atoms with Gasteiger partial charge < -0.3 is 13.6 Å². The third kappa shape index (κ3) is 4.16. The maximum absolute atomic E-state index is 6.18. The van der Waals surface area contributed by atoms with Crippen LogP contribution in [0.2, 0.25) is 0 Å². The summed E-state index contributed by atoms with van der Waals surface area (Å²) in [6.07, 6.45) is 0. The summed E-state index contributed by atoms with van der Waals surface area (Å²) in [5, 5.41) is 12.2. The average Bonchev–Trinajstić information content (AvgIpc) is 3.86. The van der Waals surface area contributed by atoms with Crippen LogP contribution in [0.5, 0.6) is 0 Å². The lowest BCUT2D eigenvalue weighted by molar-refractivity contribution is 0.669. The van der Waals surface area contributed by atoms with Crippen LogP contribution in [0.3, 0.4) is 0 Å². The zero-order chi connectivity index (χ0) is 34.6. The quantitative estimate of drug-likeness (QED) is 0.183. The lowest BCUT2D eigenvalue weighted by Crippen LogP contribution is -1.94. The molecule has 3 aromatic heterocycles. The number of nitrogens with zero attached hydrogens (tertiary/aromatic N) is 2. The molecule has 0 saturated heterocycles. The molecule has 3 heterocycles. The van der Waals surface area contributed by atoms with Gasteiger partial charge in [0, 0.05) is 43.7 Å². The summed E-state index contributed by atoms with van der Waals surface area (Å²) in [4.78, 5) is 0. The maximum atomic E-state index is 6.18. The van der Waals surface area contributed by atoms with E-state index in [0.717, 1.165) is 27.6 Å². The van der Waals surface area contributed by atoms with Crippen LogP contribution in [0.1, 0.15) is 0 Å². The third-order valence-electron chi connectivity index (χ3n) is 11.2. The minimum absolute atomic E-state index is 0.906. The van der Waals surface area contributed by atoms with Crippen molar-refractivity contribution in [3.05, 3.63) is 182 Å². The molecule has 0 aliphatic heterocycles. The fourth-order valence-corrected chi connectivity index (χ4v) is 8.76. The second kappa shape index (κ2) is 10.7. The Hall–Kier alpha value is -7.10. The highest BCUT2D eigenvalue weighted by atomic mass is 16.3. The van der Waals surface area contributed by atoms with E-state index in [1.54, 1.807) is 0 Å². The smallest absolute Gasteiger partial charge is 0.135 e. The molecule has 3 heteroatoms. The van der Waals surface area contributed by atoms with Crippen LogP contribution in [0, 0.1) is 0 Å². The molecule has 0 bridgehead atoms. The summed E-state index contributed by atoms with van der Waals surface area (Å²) in [5.74, 6) is 0. The normalized spacial score (nSPS) is 12.2. The highest BCUT2D eigenvalue weighted by Crippen LogP contribution is 2.40. The molecule has 0 saturated carbocycles. The Labute approximate surface area is 304 Å². The monoisotopic (exact) mass is 674 g/mol. The van der Waals surface area contributed by atoms with Crippen LogP contribution in [0.25, 0.3) is 110 Å². The van der Waals surface area contributed by atoms with E-state index in [9.17, 15) is 0 Å². The minimum Gasteiger partial charge on any atom is -0.456 e. The molecule has 0 aliphatic carbocycles. The predicted octanol–water partition coefficient (Wildman–Crippen LogP) is 13.8. The standard InChI is InChI=1S/C50H30N2O/c1-2-10-32-25-37(20-17-31(32)9-1)52-47-23-19-36(28-42(47)43-26-33-11-3-4-12-34(33)29-48(43)52)35-18-22-46-41(27-35)39-13-5-7-15-45(39)51(46)38-21-24-50-44(30-38)40-14-6-8-16-49(40)53-50/h1-30H. The zero-order valence-corrected chi connectivity index (χ0v) is 28.6. The first-order chi connectivity index (χ1) is 26.2. The van der Waals surface area contributed by atoms with Crippen molar-refractivity contribution in [2.24, 2.45) is 0 Å². The summed E-state index contributed by atoms with van der Waals surface area (Å²) < 4.78 is 11.0. The maximum Gasteiger partial charge on any atom is 0.135 e. The number of aromatic nitrogens is 2. The van der Waals surface area contributed by atoms with Crippen molar-refractivity contribution >= 4 is 87.1 Å². The van der Waals surface area contributed by atoms with Gasteiger partial charge in [0.2, 0.25) is 0 Å². The number of para-hydroxylation sites is 2. The SMILES string of the molecule is c1ccc2cc(-n3c4ccc(-c5ccc6c(c5)c5ccccc5n6-c5ccc6oc7ccccc7c6c5)cc4c4cc5ccccc5cc43)ccc2c1. The summed E-state index contributed by atoms with van der Waals surface area (Å²) in [6.45, 7) is 0. The van der Waals surface area contributed by atoms with Crippen molar-refractivity contribution in [2.45, 2.75) is 0 Å². The van der Waals surface area contributed by atoms with Crippen molar-refractivity contribution in [2.75, 3.05) is 0 Å². The van der Waals surface area contributed by atoms with Crippen LogP contribution >= 0.6 is 0 Å². The highest BCUT2D eigenvalue weighted by Gasteiger charge is 2.18. The van der Waals surface area contributed by atoms with Gasteiger partial charge in [0.15, 0.2) is 0 Å². The van der Waals surface area contributed by atoms with E-state index in [1.165, 1.54) is 82.0 Å². The molecule has 0 spiro atoms. The fraction of sp³-hybridized carbons (Fsp3) is 0. The molecule has 0 aliphatic rings. The molecule has 12 rings (SSSR count). The first kappa shape index (κ1) is 28.6. The van der Waals surface area contributed by atoms with Crippen molar-refractivity contribution in [1.29, 1.82) is 0 Å². The molecule has 12 aromatic rings. The molecule has 0 radical (unpaired) electrons. The molecule has 3 nitrogen and oxygen atoms in total. The van der Waals surface area contributed by atoms with Crippen molar-refractivity contribution in [3.8, 4) is 22.5 Å². The van der Waals surface area contributed by atoms with Crippen molar-refractivity contribution in [3.63, 3.8) is 0 Å². The molecule has 0 fully saturated rings. The summed E-state index contributed by atoms with van der Waals surface area (Å²) >= 11 is 0. The van der Waals surface area contributed by atoms with Crippen LogP contribution in [-0.2, 0) is 0 Å². The van der Waals surface area contributed by atoms with E-state index < -0.39 is 0 Å². The Bertz CT molecular complexity index is 3470. The minimum atomic E-state index is 0.906. The molecule has 0 atom stereocenters. The van der Waals surface area contributed by atoms with Gasteiger partial charge in [-0.1, -0.05) is 103 Å². The number of fused-ring (bicyclic) bond motifs is 11. The van der Waals surface area contributed by atoms with Crippen LogP contribution in [0.4, 0.5) is 0 Å². The molecule has 53 heavy (non-hydrogen) atoms. The molecule has 0 amide bonds. The Morgan fingerprint density at radius 2 is 0.811 bits per heavy atom. The first-order valence-corrected chi connectivity index (χ1v) is 18.2. The van der Waals surface area contributed by atoms with Gasteiger partial charge in [-0.3, -0.25) is 0 Å². The molecule has 9 aromatic carbocycles. The lowest BCUT2D eigenvalue weighted by Gasteiger charge is -2.10. The van der Waals surface area contributed by atoms with E-state index in [4.69, 9.17) is 4.42 Å². The van der Waals surface area contributed by atoms with Gasteiger partial charge in [0.05, 0.1) is 22.1 Å². The number of benzene rings is 9. The topological polar surface area (TPSA) is 23.0 Å². The van der Waals surface area contributed by atoms with E-state index in [2.05, 4.69) is 179 Å². The summed E-state index contributed by atoms with van der Waals surface area (Å²) in [5.41, 5.74) is 11.3. The summed E-state index contributed by atoms with van der Waals surface area (Å²) in [7, 11) is 0. The van der Waals surface area contributed by atoms with Crippen LogP contribution < -0.4 is 0 Å². The van der Waals surface area contributed by atoms with Gasteiger partial charge in [-0.25, -0.2) is 0 Å². The number of furan rings is 1.